The lowest BCUT2D eigenvalue weighted by molar-refractivity contribution is 0.0615. The summed E-state index contributed by atoms with van der Waals surface area (Å²) < 4.78 is 26.6. The molecule has 0 radical (unpaired) electrons. The molecule has 0 amide bonds. The van der Waals surface area contributed by atoms with Crippen molar-refractivity contribution in [1.29, 1.82) is 0 Å². The van der Waals surface area contributed by atoms with Crippen LogP contribution >= 0.6 is 0 Å². The summed E-state index contributed by atoms with van der Waals surface area (Å²) in [5, 5.41) is 13.4. The highest BCUT2D eigenvalue weighted by atomic mass is 32.2. The van der Waals surface area contributed by atoms with Gasteiger partial charge in [-0.15, -0.1) is 0 Å². The van der Waals surface area contributed by atoms with Crippen LogP contribution in [-0.4, -0.2) is 31.7 Å². The van der Waals surface area contributed by atoms with Crippen molar-refractivity contribution in [3.05, 3.63) is 24.3 Å². The van der Waals surface area contributed by atoms with E-state index >= 15 is 0 Å². The summed E-state index contributed by atoms with van der Waals surface area (Å²) in [6.45, 7) is 4.08. The molecule has 1 aromatic carbocycles. The summed E-state index contributed by atoms with van der Waals surface area (Å²) in [5.74, 6) is 0. The minimum absolute atomic E-state index is 0.135. The van der Waals surface area contributed by atoms with Crippen molar-refractivity contribution >= 4 is 15.7 Å². The molecule has 1 aliphatic rings. The van der Waals surface area contributed by atoms with Crippen LogP contribution in [0.3, 0.4) is 0 Å². The number of hydrogen-bond acceptors (Lipinski definition) is 4. The molecule has 5 nitrogen and oxygen atoms in total. The van der Waals surface area contributed by atoms with Gasteiger partial charge in [-0.1, -0.05) is 12.8 Å². The predicted molar refractivity (Wildman–Crippen MR) is 83.8 cm³/mol. The van der Waals surface area contributed by atoms with Crippen LogP contribution in [0, 0.1) is 0 Å². The first kappa shape index (κ1) is 16.3. The normalized spacial score (nSPS) is 18.1. The summed E-state index contributed by atoms with van der Waals surface area (Å²) in [6.07, 6.45) is 3.78. The molecule has 6 heteroatoms. The second kappa shape index (κ2) is 6.34. The molecule has 0 atom stereocenters. The average molecular weight is 312 g/mol. The van der Waals surface area contributed by atoms with E-state index < -0.39 is 15.6 Å². The Balaban J connectivity index is 1.99. The molecule has 0 unspecified atom stereocenters. The lowest BCUT2D eigenvalue weighted by Gasteiger charge is -2.23. The fourth-order valence-electron chi connectivity index (χ4n) is 2.61. The van der Waals surface area contributed by atoms with Gasteiger partial charge in [-0.3, -0.25) is 0 Å². The third-order valence-electron chi connectivity index (χ3n) is 3.71. The lowest BCUT2D eigenvalue weighted by Crippen LogP contribution is -2.33. The van der Waals surface area contributed by atoms with Crippen LogP contribution in [0.1, 0.15) is 39.5 Å². The highest BCUT2D eigenvalue weighted by Crippen LogP contribution is 2.29. The summed E-state index contributed by atoms with van der Waals surface area (Å²) in [4.78, 5) is 0.251. The Bertz CT molecular complexity index is 561. The van der Waals surface area contributed by atoms with Crippen molar-refractivity contribution in [3.8, 4) is 0 Å². The third kappa shape index (κ3) is 4.43. The van der Waals surface area contributed by atoms with Crippen molar-refractivity contribution in [2.45, 2.75) is 56.1 Å². The van der Waals surface area contributed by atoms with Crippen LogP contribution in [-0.2, 0) is 10.0 Å². The molecule has 0 saturated heterocycles. The first-order valence-corrected chi connectivity index (χ1v) is 8.88. The third-order valence-corrected chi connectivity index (χ3v) is 5.39. The Morgan fingerprint density at radius 1 is 1.19 bits per heavy atom. The summed E-state index contributed by atoms with van der Waals surface area (Å²) in [7, 11) is -3.45. The van der Waals surface area contributed by atoms with Gasteiger partial charge in [-0.05, 0) is 51.0 Å². The van der Waals surface area contributed by atoms with Crippen LogP contribution < -0.4 is 10.0 Å². The van der Waals surface area contributed by atoms with E-state index in [-0.39, 0.29) is 10.9 Å². The monoisotopic (exact) mass is 312 g/mol. The van der Waals surface area contributed by atoms with Crippen LogP contribution in [0.15, 0.2) is 29.2 Å². The molecule has 0 spiro atoms. The van der Waals surface area contributed by atoms with E-state index in [0.717, 1.165) is 31.4 Å². The van der Waals surface area contributed by atoms with Gasteiger partial charge in [0.25, 0.3) is 0 Å². The quantitative estimate of drug-likeness (QED) is 0.751. The van der Waals surface area contributed by atoms with Crippen molar-refractivity contribution in [3.63, 3.8) is 0 Å². The molecular formula is C15H24N2O3S. The second-order valence-corrected chi connectivity index (χ2v) is 7.80. The number of hydrogen-bond donors (Lipinski definition) is 3. The summed E-state index contributed by atoms with van der Waals surface area (Å²) in [6, 6.07) is 6.47. The first-order chi connectivity index (χ1) is 9.81. The maximum Gasteiger partial charge on any atom is 0.240 e. The van der Waals surface area contributed by atoms with Crippen molar-refractivity contribution in [1.82, 2.24) is 4.72 Å². The molecule has 1 aromatic rings. The first-order valence-electron chi connectivity index (χ1n) is 7.39. The van der Waals surface area contributed by atoms with Gasteiger partial charge in [0.05, 0.1) is 10.5 Å². The Morgan fingerprint density at radius 2 is 1.76 bits per heavy atom. The largest absolute Gasteiger partial charge is 0.388 e. The van der Waals surface area contributed by atoms with Gasteiger partial charge in [0.2, 0.25) is 10.0 Å². The maximum atomic E-state index is 12.0. The van der Waals surface area contributed by atoms with E-state index in [4.69, 9.17) is 0 Å². The molecule has 0 aromatic heterocycles. The van der Waals surface area contributed by atoms with Crippen molar-refractivity contribution in [2.75, 3.05) is 11.9 Å². The van der Waals surface area contributed by atoms with Crippen LogP contribution in [0.5, 0.6) is 0 Å². The Hall–Kier alpha value is -1.11. The number of rotatable bonds is 6. The Kier molecular flexibility index (Phi) is 4.91. The van der Waals surface area contributed by atoms with Gasteiger partial charge in [0, 0.05) is 18.3 Å². The number of benzene rings is 1. The predicted octanol–water partition coefficient (Wildman–Crippen LogP) is 2.09. The molecule has 118 valence electrons. The Morgan fingerprint density at radius 3 is 2.29 bits per heavy atom. The lowest BCUT2D eigenvalue weighted by atomic mass is 10.0. The molecule has 1 aliphatic carbocycles. The van der Waals surface area contributed by atoms with Gasteiger partial charge in [0.15, 0.2) is 0 Å². The molecular weight excluding hydrogens is 288 g/mol. The minimum Gasteiger partial charge on any atom is -0.388 e. The van der Waals surface area contributed by atoms with Gasteiger partial charge in [0.1, 0.15) is 0 Å². The van der Waals surface area contributed by atoms with E-state index in [1.807, 2.05) is 0 Å². The number of nitrogens with one attached hydrogen (secondary N) is 2. The smallest absolute Gasteiger partial charge is 0.240 e. The zero-order valence-corrected chi connectivity index (χ0v) is 13.4. The highest BCUT2D eigenvalue weighted by molar-refractivity contribution is 7.89. The van der Waals surface area contributed by atoms with Gasteiger partial charge < -0.3 is 10.4 Å². The van der Waals surface area contributed by atoms with E-state index in [0.29, 0.717) is 6.54 Å². The highest BCUT2D eigenvalue weighted by Gasteiger charge is 2.30. The molecule has 21 heavy (non-hydrogen) atoms. The van der Waals surface area contributed by atoms with Crippen molar-refractivity contribution < 1.29 is 13.5 Å². The van der Waals surface area contributed by atoms with Gasteiger partial charge in [-0.25, -0.2) is 13.1 Å². The van der Waals surface area contributed by atoms with E-state index in [1.165, 1.54) is 0 Å². The Labute approximate surface area is 126 Å². The fourth-order valence-corrected chi connectivity index (χ4v) is 3.86. The van der Waals surface area contributed by atoms with Crippen LogP contribution in [0.4, 0.5) is 5.69 Å². The van der Waals surface area contributed by atoms with E-state index in [9.17, 15) is 13.5 Å². The fraction of sp³-hybridized carbons (Fsp3) is 0.600. The van der Waals surface area contributed by atoms with E-state index in [1.54, 1.807) is 38.1 Å². The van der Waals surface area contributed by atoms with Gasteiger partial charge >= 0.3 is 0 Å². The molecule has 0 aliphatic heterocycles. The number of aliphatic hydroxyl groups is 1. The summed E-state index contributed by atoms with van der Waals surface area (Å²) >= 11 is 0. The van der Waals surface area contributed by atoms with E-state index in [2.05, 4.69) is 10.0 Å². The zero-order valence-electron chi connectivity index (χ0n) is 12.6. The molecule has 3 N–H and O–H groups in total. The molecule has 1 saturated carbocycles. The number of anilines is 1. The van der Waals surface area contributed by atoms with Crippen molar-refractivity contribution in [2.24, 2.45) is 0 Å². The minimum atomic E-state index is -3.45. The standard InChI is InChI=1S/C15H24N2O3S/c1-12(2)17-21(19,20)14-7-5-13(6-8-14)16-11-15(18)9-3-4-10-15/h5-8,12,16-18H,3-4,9-11H2,1-2H3. The van der Waals surface area contributed by atoms with Gasteiger partial charge in [-0.2, -0.15) is 0 Å². The van der Waals surface area contributed by atoms with Crippen LogP contribution in [0.2, 0.25) is 0 Å². The second-order valence-electron chi connectivity index (χ2n) is 6.09. The SMILES string of the molecule is CC(C)NS(=O)(=O)c1ccc(NCC2(O)CCCC2)cc1. The number of sulfonamides is 1. The maximum absolute atomic E-state index is 12.0. The molecule has 2 rings (SSSR count). The topological polar surface area (TPSA) is 78.4 Å². The average Bonchev–Trinajstić information content (AvgIpc) is 2.83. The molecule has 0 bridgehead atoms. The molecule has 0 heterocycles. The van der Waals surface area contributed by atoms with Crippen LogP contribution in [0.25, 0.3) is 0 Å². The summed E-state index contributed by atoms with van der Waals surface area (Å²) in [5.41, 5.74) is 0.197. The molecule has 1 fully saturated rings. The zero-order chi connectivity index (χ0) is 15.5.